The Hall–Kier alpha value is -2.68. The third kappa shape index (κ3) is 4.42. The number of hydrogen-bond acceptors (Lipinski definition) is 4. The molecule has 3 rings (SSSR count). The van der Waals surface area contributed by atoms with Gasteiger partial charge in [0.2, 0.25) is 0 Å². The third-order valence-electron chi connectivity index (χ3n) is 3.27. The van der Waals surface area contributed by atoms with Crippen LogP contribution in [0.25, 0.3) is 5.69 Å². The highest BCUT2D eigenvalue weighted by Crippen LogP contribution is 2.13. The van der Waals surface area contributed by atoms with E-state index in [-0.39, 0.29) is 6.54 Å². The highest BCUT2D eigenvalue weighted by Gasteiger charge is 2.26. The average Bonchev–Trinajstić information content (AvgIpc) is 3.19. The van der Waals surface area contributed by atoms with E-state index in [4.69, 9.17) is 0 Å². The van der Waals surface area contributed by atoms with Gasteiger partial charge in [-0.05, 0) is 23.8 Å². The van der Waals surface area contributed by atoms with E-state index in [1.54, 1.807) is 21.8 Å². The quantitative estimate of drug-likeness (QED) is 0.749. The molecule has 1 aromatic carbocycles. The molecule has 0 radical (unpaired) electrons. The summed E-state index contributed by atoms with van der Waals surface area (Å²) in [6.45, 7) is -0.530. The molecule has 0 saturated carbocycles. The lowest BCUT2D eigenvalue weighted by Crippen LogP contribution is -2.28. The number of hydrogen-bond donors (Lipinski definition) is 1. The zero-order valence-corrected chi connectivity index (χ0v) is 12.6. The molecule has 0 amide bonds. The van der Waals surface area contributed by atoms with Gasteiger partial charge in [0.05, 0.1) is 30.7 Å². The van der Waals surface area contributed by atoms with Crippen molar-refractivity contribution >= 4 is 0 Å². The first-order valence-electron chi connectivity index (χ1n) is 7.25. The SMILES string of the molecule is FC(F)(F)CNCc1cn(Cc2ccc(-n3cccn3)cc2)nn1. The van der Waals surface area contributed by atoms with Gasteiger partial charge in [0, 0.05) is 18.9 Å². The highest BCUT2D eigenvalue weighted by atomic mass is 19.4. The topological polar surface area (TPSA) is 60.6 Å². The van der Waals surface area contributed by atoms with Crippen LogP contribution in [0.5, 0.6) is 0 Å². The van der Waals surface area contributed by atoms with Crippen molar-refractivity contribution < 1.29 is 13.2 Å². The number of benzene rings is 1. The lowest BCUT2D eigenvalue weighted by molar-refractivity contribution is -0.125. The van der Waals surface area contributed by atoms with E-state index in [9.17, 15) is 13.2 Å². The van der Waals surface area contributed by atoms with Crippen molar-refractivity contribution in [1.29, 1.82) is 0 Å². The van der Waals surface area contributed by atoms with Crippen molar-refractivity contribution in [3.63, 3.8) is 0 Å². The van der Waals surface area contributed by atoms with Gasteiger partial charge in [0.15, 0.2) is 0 Å². The molecule has 3 aromatic rings. The summed E-state index contributed by atoms with van der Waals surface area (Å²) in [7, 11) is 0. The summed E-state index contributed by atoms with van der Waals surface area (Å²) >= 11 is 0. The van der Waals surface area contributed by atoms with Gasteiger partial charge < -0.3 is 5.32 Å². The molecule has 9 heteroatoms. The molecule has 2 aromatic heterocycles. The Morgan fingerprint density at radius 1 is 1.12 bits per heavy atom. The lowest BCUT2D eigenvalue weighted by atomic mass is 10.2. The molecule has 24 heavy (non-hydrogen) atoms. The van der Waals surface area contributed by atoms with Crippen molar-refractivity contribution in [2.45, 2.75) is 19.3 Å². The molecule has 0 spiro atoms. The van der Waals surface area contributed by atoms with Gasteiger partial charge in [0.1, 0.15) is 0 Å². The Labute approximate surface area is 135 Å². The van der Waals surface area contributed by atoms with Gasteiger partial charge in [-0.2, -0.15) is 18.3 Å². The minimum atomic E-state index is -4.23. The molecule has 0 bridgehead atoms. The van der Waals surface area contributed by atoms with Crippen LogP contribution < -0.4 is 5.32 Å². The second-order valence-corrected chi connectivity index (χ2v) is 5.24. The van der Waals surface area contributed by atoms with Gasteiger partial charge in [0.25, 0.3) is 0 Å². The smallest absolute Gasteiger partial charge is 0.303 e. The minimum absolute atomic E-state index is 0.0255. The fourth-order valence-corrected chi connectivity index (χ4v) is 2.19. The van der Waals surface area contributed by atoms with Gasteiger partial charge in [-0.25, -0.2) is 9.36 Å². The van der Waals surface area contributed by atoms with Crippen LogP contribution in [0.1, 0.15) is 11.3 Å². The first-order chi connectivity index (χ1) is 11.5. The van der Waals surface area contributed by atoms with E-state index in [1.807, 2.05) is 36.5 Å². The predicted octanol–water partition coefficient (Wildman–Crippen LogP) is 2.16. The molecule has 1 N–H and O–H groups in total. The van der Waals surface area contributed by atoms with E-state index in [1.165, 1.54) is 0 Å². The van der Waals surface area contributed by atoms with Crippen LogP contribution in [0.2, 0.25) is 0 Å². The molecular weight excluding hydrogens is 321 g/mol. The fourth-order valence-electron chi connectivity index (χ4n) is 2.19. The van der Waals surface area contributed by atoms with Crippen molar-refractivity contribution in [2.75, 3.05) is 6.54 Å². The maximum absolute atomic E-state index is 12.1. The monoisotopic (exact) mass is 336 g/mol. The van der Waals surface area contributed by atoms with Gasteiger partial charge in [-0.15, -0.1) is 5.10 Å². The standard InChI is InChI=1S/C15H15F3N6/c16-15(17,18)11-19-8-13-10-23(22-21-13)9-12-2-4-14(5-3-12)24-7-1-6-20-24/h1-7,10,19H,8-9,11H2. The summed E-state index contributed by atoms with van der Waals surface area (Å²) in [6.07, 6.45) is 0.960. The van der Waals surface area contributed by atoms with Crippen LogP contribution in [-0.2, 0) is 13.1 Å². The third-order valence-corrected chi connectivity index (χ3v) is 3.27. The Morgan fingerprint density at radius 2 is 1.92 bits per heavy atom. The molecule has 0 saturated heterocycles. The lowest BCUT2D eigenvalue weighted by Gasteiger charge is -2.06. The first kappa shape index (κ1) is 16.2. The number of rotatable bonds is 6. The summed E-state index contributed by atoms with van der Waals surface area (Å²) in [5, 5.41) is 14.2. The number of halogens is 3. The molecule has 0 atom stereocenters. The molecular formula is C15H15F3N6. The van der Waals surface area contributed by atoms with Crippen LogP contribution in [0.3, 0.4) is 0 Å². The van der Waals surface area contributed by atoms with Gasteiger partial charge >= 0.3 is 6.18 Å². The molecule has 0 aliphatic heterocycles. The maximum Gasteiger partial charge on any atom is 0.401 e. The molecule has 2 heterocycles. The second-order valence-electron chi connectivity index (χ2n) is 5.24. The van der Waals surface area contributed by atoms with Crippen molar-refractivity contribution in [3.05, 3.63) is 60.2 Å². The van der Waals surface area contributed by atoms with Crippen molar-refractivity contribution in [1.82, 2.24) is 30.1 Å². The molecule has 0 aliphatic rings. The normalized spacial score (nSPS) is 11.8. The summed E-state index contributed by atoms with van der Waals surface area (Å²) in [5.41, 5.74) is 2.41. The van der Waals surface area contributed by atoms with E-state index in [0.717, 1.165) is 11.3 Å². The van der Waals surface area contributed by atoms with Crippen LogP contribution in [0.4, 0.5) is 13.2 Å². The van der Waals surface area contributed by atoms with Crippen LogP contribution in [-0.4, -0.2) is 37.5 Å². The van der Waals surface area contributed by atoms with Crippen LogP contribution in [0.15, 0.2) is 48.9 Å². The highest BCUT2D eigenvalue weighted by molar-refractivity contribution is 5.33. The average molecular weight is 336 g/mol. The Kier molecular flexibility index (Phi) is 4.61. The number of aromatic nitrogens is 5. The zero-order valence-electron chi connectivity index (χ0n) is 12.6. The molecule has 0 fully saturated rings. The van der Waals surface area contributed by atoms with Gasteiger partial charge in [-0.3, -0.25) is 0 Å². The zero-order chi connectivity index (χ0) is 17.0. The van der Waals surface area contributed by atoms with E-state index >= 15 is 0 Å². The summed E-state index contributed by atoms with van der Waals surface area (Å²) in [5.74, 6) is 0. The largest absolute Gasteiger partial charge is 0.401 e. The molecule has 0 aliphatic carbocycles. The Bertz CT molecular complexity index is 761. The summed E-state index contributed by atoms with van der Waals surface area (Å²) in [4.78, 5) is 0. The van der Waals surface area contributed by atoms with E-state index < -0.39 is 12.7 Å². The number of alkyl halides is 3. The minimum Gasteiger partial charge on any atom is -0.303 e. The number of nitrogens with one attached hydrogen (secondary N) is 1. The Morgan fingerprint density at radius 3 is 2.58 bits per heavy atom. The van der Waals surface area contributed by atoms with Crippen LogP contribution >= 0.6 is 0 Å². The fraction of sp³-hybridized carbons (Fsp3) is 0.267. The first-order valence-corrected chi connectivity index (χ1v) is 7.25. The number of nitrogens with zero attached hydrogens (tertiary/aromatic N) is 5. The van der Waals surface area contributed by atoms with Crippen molar-refractivity contribution in [3.8, 4) is 5.69 Å². The summed E-state index contributed by atoms with van der Waals surface area (Å²) < 4.78 is 39.6. The Balaban J connectivity index is 1.56. The predicted molar refractivity (Wildman–Crippen MR) is 80.4 cm³/mol. The molecule has 0 unspecified atom stereocenters. The summed E-state index contributed by atoms with van der Waals surface area (Å²) in [6, 6.07) is 9.61. The maximum atomic E-state index is 12.1. The van der Waals surface area contributed by atoms with Crippen molar-refractivity contribution in [2.24, 2.45) is 0 Å². The van der Waals surface area contributed by atoms with Gasteiger partial charge in [-0.1, -0.05) is 17.3 Å². The molecule has 126 valence electrons. The van der Waals surface area contributed by atoms with E-state index in [0.29, 0.717) is 12.2 Å². The second kappa shape index (κ2) is 6.83. The van der Waals surface area contributed by atoms with Crippen LogP contribution in [0, 0.1) is 0 Å². The van der Waals surface area contributed by atoms with E-state index in [2.05, 4.69) is 20.7 Å². The molecule has 6 nitrogen and oxygen atoms in total.